The van der Waals surface area contributed by atoms with E-state index in [0.29, 0.717) is 42.5 Å². The van der Waals surface area contributed by atoms with Gasteiger partial charge in [-0.25, -0.2) is 17.2 Å². The summed E-state index contributed by atoms with van der Waals surface area (Å²) in [5.41, 5.74) is 4.11. The Kier molecular flexibility index (Phi) is 9.98. The number of H-pyrrole nitrogens is 1. The summed E-state index contributed by atoms with van der Waals surface area (Å²) in [6.07, 6.45) is 2.97. The second-order valence-corrected chi connectivity index (χ2v) is 13.7. The van der Waals surface area contributed by atoms with Crippen LogP contribution in [-0.2, 0) is 34.1 Å². The van der Waals surface area contributed by atoms with Crippen LogP contribution in [0.5, 0.6) is 0 Å². The van der Waals surface area contributed by atoms with Gasteiger partial charge in [-0.15, -0.1) is 0 Å². The lowest BCUT2D eigenvalue weighted by molar-refractivity contribution is 0.0904. The van der Waals surface area contributed by atoms with Crippen molar-refractivity contribution >= 4 is 27.2 Å². The number of hydrogen-bond donors (Lipinski definition) is 2. The zero-order valence-corrected chi connectivity index (χ0v) is 26.2. The Bertz CT molecular complexity index is 1570. The fourth-order valence-corrected chi connectivity index (χ4v) is 7.15. The number of fused-ring (bicyclic) bond motifs is 1. The van der Waals surface area contributed by atoms with Crippen LogP contribution in [0.1, 0.15) is 46.6 Å². The van der Waals surface area contributed by atoms with Crippen molar-refractivity contribution in [1.82, 2.24) is 19.4 Å². The zero-order valence-electron chi connectivity index (χ0n) is 25.4. The molecule has 0 unspecified atom stereocenters. The maximum Gasteiger partial charge on any atom is 0.243 e. The largest absolute Gasteiger partial charge is 0.381 e. The molecular formula is C31H40F2N6O4S. The Labute approximate surface area is 257 Å². The van der Waals surface area contributed by atoms with Crippen LogP contribution in [0.15, 0.2) is 41.3 Å². The number of benzene rings is 2. The average Bonchev–Trinajstić information content (AvgIpc) is 3.38. The molecule has 0 saturated carbocycles. The average molecular weight is 631 g/mol. The van der Waals surface area contributed by atoms with Crippen LogP contribution in [0.4, 0.5) is 20.2 Å². The molecule has 1 aromatic heterocycles. The van der Waals surface area contributed by atoms with Crippen molar-refractivity contribution in [3.8, 4) is 0 Å². The van der Waals surface area contributed by atoms with Gasteiger partial charge in [0.2, 0.25) is 10.0 Å². The van der Waals surface area contributed by atoms with Crippen molar-refractivity contribution in [2.75, 3.05) is 64.2 Å². The van der Waals surface area contributed by atoms with Gasteiger partial charge in [0.05, 0.1) is 17.0 Å². The van der Waals surface area contributed by atoms with E-state index in [2.05, 4.69) is 39.4 Å². The molecule has 2 aromatic carbocycles. The number of Topliss-reactive ketones (excluding diaryl/α,β-unsaturated/α-hetero) is 1. The van der Waals surface area contributed by atoms with Gasteiger partial charge in [0, 0.05) is 86.6 Å². The molecule has 238 valence electrons. The SMILES string of the molecule is CN(C)CCCN(C)c1ccc(C(=O)Cc2n[nH]c3c2CN(S(=O)(=O)c2cc(F)cc(F)c2)CC3)c(NC2CCOCC2)c1. The third-order valence-corrected chi connectivity index (χ3v) is 10.0. The van der Waals surface area contributed by atoms with Crippen LogP contribution in [0.3, 0.4) is 0 Å². The number of ketones is 1. The number of carbonyl (C=O) groups excluding carboxylic acids is 1. The van der Waals surface area contributed by atoms with Crippen LogP contribution in [-0.4, -0.2) is 93.6 Å². The molecule has 0 amide bonds. The number of aromatic amines is 1. The van der Waals surface area contributed by atoms with E-state index in [9.17, 15) is 22.0 Å². The third kappa shape index (κ3) is 7.45. The normalized spacial score (nSPS) is 16.2. The van der Waals surface area contributed by atoms with Crippen molar-refractivity contribution in [3.05, 3.63) is 70.5 Å². The molecule has 0 atom stereocenters. The fraction of sp³-hybridized carbons (Fsp3) is 0.484. The first kappa shape index (κ1) is 32.0. The summed E-state index contributed by atoms with van der Waals surface area (Å²) in [6, 6.07) is 8.24. The highest BCUT2D eigenvalue weighted by molar-refractivity contribution is 7.89. The van der Waals surface area contributed by atoms with Crippen molar-refractivity contribution in [2.24, 2.45) is 0 Å². The van der Waals surface area contributed by atoms with Crippen LogP contribution in [0, 0.1) is 11.6 Å². The summed E-state index contributed by atoms with van der Waals surface area (Å²) in [4.78, 5) is 17.7. The number of nitrogens with one attached hydrogen (secondary N) is 2. The summed E-state index contributed by atoms with van der Waals surface area (Å²) < 4.78 is 60.9. The molecule has 10 nitrogen and oxygen atoms in total. The number of halogens is 2. The van der Waals surface area contributed by atoms with E-state index in [1.807, 2.05) is 25.2 Å². The second-order valence-electron chi connectivity index (χ2n) is 11.8. The molecule has 5 rings (SSSR count). The lowest BCUT2D eigenvalue weighted by Gasteiger charge is -2.27. The van der Waals surface area contributed by atoms with Crippen LogP contribution >= 0.6 is 0 Å². The highest BCUT2D eigenvalue weighted by atomic mass is 32.2. The predicted octanol–water partition coefficient (Wildman–Crippen LogP) is 3.84. The monoisotopic (exact) mass is 630 g/mol. The quantitative estimate of drug-likeness (QED) is 0.291. The molecule has 0 radical (unpaired) electrons. The highest BCUT2D eigenvalue weighted by Gasteiger charge is 2.32. The number of ether oxygens (including phenoxy) is 1. The number of aromatic nitrogens is 2. The van der Waals surface area contributed by atoms with Gasteiger partial charge < -0.3 is 19.9 Å². The number of carbonyl (C=O) groups is 1. The van der Waals surface area contributed by atoms with Crippen molar-refractivity contribution < 1.29 is 26.7 Å². The summed E-state index contributed by atoms with van der Waals surface area (Å²) in [5, 5.41) is 10.9. The second kappa shape index (κ2) is 13.7. The molecule has 2 aliphatic heterocycles. The maximum atomic E-state index is 13.8. The van der Waals surface area contributed by atoms with E-state index < -0.39 is 26.6 Å². The summed E-state index contributed by atoms with van der Waals surface area (Å²) >= 11 is 0. The Morgan fingerprint density at radius 1 is 1.09 bits per heavy atom. The van der Waals surface area contributed by atoms with Crippen LogP contribution in [0.2, 0.25) is 0 Å². The maximum absolute atomic E-state index is 13.8. The Hall–Kier alpha value is -3.39. The van der Waals surface area contributed by atoms with Gasteiger partial charge in [-0.05, 0) is 70.2 Å². The van der Waals surface area contributed by atoms with E-state index in [1.165, 1.54) is 4.31 Å². The van der Waals surface area contributed by atoms with E-state index in [4.69, 9.17) is 4.74 Å². The molecule has 1 saturated heterocycles. The summed E-state index contributed by atoms with van der Waals surface area (Å²) in [6.45, 7) is 3.21. The Morgan fingerprint density at radius 3 is 2.52 bits per heavy atom. The van der Waals surface area contributed by atoms with Gasteiger partial charge >= 0.3 is 0 Å². The first-order valence-corrected chi connectivity index (χ1v) is 16.3. The standard InChI is InChI=1S/C31H40F2N6O4S/c1-37(2)10-4-11-38(3)24-5-6-26(29(18-24)34-23-8-13-43-14-9-23)31(40)19-30-27-20-39(12-7-28(27)35-36-30)44(41,42)25-16-21(32)15-22(33)17-25/h5-6,15-18,23,34H,4,7-14,19-20H2,1-3H3,(H,35,36). The van der Waals surface area contributed by atoms with E-state index >= 15 is 0 Å². The van der Waals surface area contributed by atoms with Crippen molar-refractivity contribution in [3.63, 3.8) is 0 Å². The molecule has 1 fully saturated rings. The van der Waals surface area contributed by atoms with Gasteiger partial charge in [-0.1, -0.05) is 0 Å². The molecular weight excluding hydrogens is 590 g/mol. The molecule has 0 spiro atoms. The minimum absolute atomic E-state index is 0.0329. The topological polar surface area (TPSA) is 111 Å². The van der Waals surface area contributed by atoms with E-state index in [-0.39, 0.29) is 31.3 Å². The molecule has 13 heteroatoms. The van der Waals surface area contributed by atoms with Gasteiger partial charge in [0.15, 0.2) is 5.78 Å². The van der Waals surface area contributed by atoms with E-state index in [1.54, 1.807) is 0 Å². The number of nitrogens with zero attached hydrogens (tertiary/aromatic N) is 4. The molecule has 2 aliphatic rings. The number of sulfonamides is 1. The highest BCUT2D eigenvalue weighted by Crippen LogP contribution is 2.30. The molecule has 0 bridgehead atoms. The zero-order chi connectivity index (χ0) is 31.4. The van der Waals surface area contributed by atoms with Gasteiger partial charge in [0.25, 0.3) is 0 Å². The van der Waals surface area contributed by atoms with Gasteiger partial charge in [-0.3, -0.25) is 9.89 Å². The minimum atomic E-state index is -4.17. The summed E-state index contributed by atoms with van der Waals surface area (Å²) in [7, 11) is 1.97. The van der Waals surface area contributed by atoms with Crippen LogP contribution in [0.25, 0.3) is 0 Å². The molecule has 0 aliphatic carbocycles. The third-order valence-electron chi connectivity index (χ3n) is 8.21. The Balaban J connectivity index is 1.36. The lowest BCUT2D eigenvalue weighted by atomic mass is 9.98. The molecule has 44 heavy (non-hydrogen) atoms. The van der Waals surface area contributed by atoms with Crippen molar-refractivity contribution in [2.45, 2.75) is 49.6 Å². The number of hydrogen-bond acceptors (Lipinski definition) is 8. The smallest absolute Gasteiger partial charge is 0.243 e. The molecule has 2 N–H and O–H groups in total. The Morgan fingerprint density at radius 2 is 1.82 bits per heavy atom. The minimum Gasteiger partial charge on any atom is -0.381 e. The van der Waals surface area contributed by atoms with E-state index in [0.717, 1.165) is 61.6 Å². The van der Waals surface area contributed by atoms with Crippen molar-refractivity contribution in [1.29, 1.82) is 0 Å². The van der Waals surface area contributed by atoms with Gasteiger partial charge in [-0.2, -0.15) is 9.40 Å². The fourth-order valence-electron chi connectivity index (χ4n) is 5.70. The summed E-state index contributed by atoms with van der Waals surface area (Å²) in [5.74, 6) is -2.08. The predicted molar refractivity (Wildman–Crippen MR) is 165 cm³/mol. The first-order valence-electron chi connectivity index (χ1n) is 14.9. The lowest BCUT2D eigenvalue weighted by Crippen LogP contribution is -2.36. The van der Waals surface area contributed by atoms with Gasteiger partial charge in [0.1, 0.15) is 11.6 Å². The number of anilines is 2. The first-order chi connectivity index (χ1) is 21.0. The number of rotatable bonds is 12. The molecule has 3 aromatic rings. The van der Waals surface area contributed by atoms with Crippen LogP contribution < -0.4 is 10.2 Å². The molecule has 3 heterocycles.